The number of aromatic nitrogens is 1. The van der Waals surface area contributed by atoms with Crippen molar-refractivity contribution >= 4 is 5.78 Å². The Morgan fingerprint density at radius 3 is 2.68 bits per heavy atom. The molecule has 1 aromatic carbocycles. The maximum absolute atomic E-state index is 12.1. The minimum absolute atomic E-state index is 0.338. The van der Waals surface area contributed by atoms with Crippen LogP contribution in [0.2, 0.25) is 0 Å². The Morgan fingerprint density at radius 1 is 1.16 bits per heavy atom. The number of carbonyl (C=O) groups is 1. The molecule has 98 valence electrons. The average Bonchev–Trinajstić information content (AvgIpc) is 2.80. The van der Waals surface area contributed by atoms with Gasteiger partial charge < -0.3 is 4.57 Å². The molecule has 0 bridgehead atoms. The van der Waals surface area contributed by atoms with Crippen molar-refractivity contribution in [2.24, 2.45) is 0 Å². The van der Waals surface area contributed by atoms with Gasteiger partial charge in [0.15, 0.2) is 5.78 Å². The van der Waals surface area contributed by atoms with Crippen LogP contribution in [0.1, 0.15) is 46.9 Å². The van der Waals surface area contributed by atoms with Crippen molar-refractivity contribution in [2.75, 3.05) is 0 Å². The Kier molecular flexibility index (Phi) is 3.24. The molecule has 0 fully saturated rings. The Hall–Kier alpha value is -1.83. The number of benzene rings is 1. The van der Waals surface area contributed by atoms with Gasteiger partial charge >= 0.3 is 0 Å². The van der Waals surface area contributed by atoms with Gasteiger partial charge in [-0.05, 0) is 30.4 Å². The highest BCUT2D eigenvalue weighted by Crippen LogP contribution is 2.27. The smallest absolute Gasteiger partial charge is 0.164 e. The highest BCUT2D eigenvalue weighted by molar-refractivity contribution is 5.99. The summed E-state index contributed by atoms with van der Waals surface area (Å²) < 4.78 is 2.28. The molecule has 2 aromatic rings. The number of fused-ring (bicyclic) bond motifs is 1. The number of nitrogens with zero attached hydrogens (tertiary/aromatic N) is 1. The lowest BCUT2D eigenvalue weighted by molar-refractivity contribution is 0.0971. The van der Waals surface area contributed by atoms with Crippen LogP contribution in [-0.4, -0.2) is 10.4 Å². The van der Waals surface area contributed by atoms with Crippen molar-refractivity contribution < 1.29 is 4.79 Å². The van der Waals surface area contributed by atoms with Gasteiger partial charge in [-0.25, -0.2) is 0 Å². The Labute approximate surface area is 114 Å². The van der Waals surface area contributed by atoms with Crippen LogP contribution in [0.3, 0.4) is 0 Å². The van der Waals surface area contributed by atoms with E-state index in [4.69, 9.17) is 0 Å². The fourth-order valence-electron chi connectivity index (χ4n) is 3.00. The molecule has 0 aliphatic heterocycles. The molecule has 19 heavy (non-hydrogen) atoms. The fourth-order valence-corrected chi connectivity index (χ4v) is 3.00. The van der Waals surface area contributed by atoms with Crippen molar-refractivity contribution in [2.45, 2.75) is 39.2 Å². The molecule has 0 atom stereocenters. The van der Waals surface area contributed by atoms with E-state index in [1.165, 1.54) is 16.8 Å². The van der Waals surface area contributed by atoms with Gasteiger partial charge in [0.1, 0.15) is 0 Å². The summed E-state index contributed by atoms with van der Waals surface area (Å²) >= 11 is 0. The van der Waals surface area contributed by atoms with E-state index in [0.717, 1.165) is 37.8 Å². The van der Waals surface area contributed by atoms with Crippen molar-refractivity contribution in [3.8, 4) is 0 Å². The van der Waals surface area contributed by atoms with Crippen LogP contribution in [-0.2, 0) is 19.4 Å². The lowest BCUT2D eigenvalue weighted by Gasteiger charge is -2.15. The topological polar surface area (TPSA) is 22.0 Å². The lowest BCUT2D eigenvalue weighted by Crippen LogP contribution is -2.14. The molecule has 0 saturated carbocycles. The van der Waals surface area contributed by atoms with Crippen LogP contribution in [0.5, 0.6) is 0 Å². The second kappa shape index (κ2) is 5.04. The monoisotopic (exact) mass is 253 g/mol. The molecular weight excluding hydrogens is 234 g/mol. The zero-order valence-corrected chi connectivity index (χ0v) is 11.4. The minimum Gasteiger partial charge on any atom is -0.346 e. The summed E-state index contributed by atoms with van der Waals surface area (Å²) in [5.74, 6) is 0.338. The molecule has 3 rings (SSSR count). The van der Waals surface area contributed by atoms with E-state index in [1.54, 1.807) is 0 Å². The van der Waals surface area contributed by atoms with Gasteiger partial charge in [-0.1, -0.05) is 37.3 Å². The van der Waals surface area contributed by atoms with Crippen LogP contribution in [0, 0.1) is 0 Å². The van der Waals surface area contributed by atoms with E-state index in [9.17, 15) is 4.79 Å². The van der Waals surface area contributed by atoms with Gasteiger partial charge in [0.25, 0.3) is 0 Å². The van der Waals surface area contributed by atoms with Crippen LogP contribution in [0.25, 0.3) is 0 Å². The third-order valence-corrected chi connectivity index (χ3v) is 3.94. The van der Waals surface area contributed by atoms with Crippen molar-refractivity contribution in [1.29, 1.82) is 0 Å². The number of rotatable bonds is 3. The zero-order valence-electron chi connectivity index (χ0n) is 11.4. The minimum atomic E-state index is 0.338. The Balaban J connectivity index is 2.00. The lowest BCUT2D eigenvalue weighted by atomic mass is 9.93. The average molecular weight is 253 g/mol. The van der Waals surface area contributed by atoms with E-state index in [2.05, 4.69) is 42.0 Å². The maximum Gasteiger partial charge on any atom is 0.164 e. The van der Waals surface area contributed by atoms with Crippen molar-refractivity contribution in [1.82, 2.24) is 4.57 Å². The van der Waals surface area contributed by atoms with E-state index < -0.39 is 0 Å². The summed E-state index contributed by atoms with van der Waals surface area (Å²) in [5, 5.41) is 0. The third kappa shape index (κ3) is 2.23. The quantitative estimate of drug-likeness (QED) is 0.819. The predicted octanol–water partition coefficient (Wildman–Crippen LogP) is 3.62. The Morgan fingerprint density at radius 2 is 1.95 bits per heavy atom. The molecule has 0 radical (unpaired) electrons. The molecule has 0 N–H and O–H groups in total. The van der Waals surface area contributed by atoms with Gasteiger partial charge in [-0.2, -0.15) is 0 Å². The first kappa shape index (κ1) is 12.2. The molecular formula is C17H19NO. The standard InChI is InChI=1S/C17H19NO/c1-2-14-12-18(11-13-7-4-3-5-8-13)15-9-6-10-16(19)17(14)15/h3-5,7-8,12H,2,6,9-11H2,1H3. The highest BCUT2D eigenvalue weighted by Gasteiger charge is 2.24. The molecule has 1 aromatic heterocycles. The third-order valence-electron chi connectivity index (χ3n) is 3.94. The number of Topliss-reactive ketones (excluding diaryl/α,β-unsaturated/α-hetero) is 1. The second-order valence-corrected chi connectivity index (χ2v) is 5.22. The van der Waals surface area contributed by atoms with Gasteiger partial charge in [-0.3, -0.25) is 4.79 Å². The van der Waals surface area contributed by atoms with Crippen LogP contribution in [0.15, 0.2) is 36.5 Å². The van der Waals surface area contributed by atoms with Gasteiger partial charge in [0.2, 0.25) is 0 Å². The fraction of sp³-hybridized carbons (Fsp3) is 0.353. The zero-order chi connectivity index (χ0) is 13.2. The first-order valence-electron chi connectivity index (χ1n) is 7.07. The number of carbonyl (C=O) groups excluding carboxylic acids is 1. The van der Waals surface area contributed by atoms with Gasteiger partial charge in [-0.15, -0.1) is 0 Å². The largest absolute Gasteiger partial charge is 0.346 e. The molecule has 1 aliphatic carbocycles. The highest BCUT2D eigenvalue weighted by atomic mass is 16.1. The normalized spacial score (nSPS) is 14.5. The number of aryl methyl sites for hydroxylation is 1. The van der Waals surface area contributed by atoms with Crippen molar-refractivity contribution in [3.63, 3.8) is 0 Å². The van der Waals surface area contributed by atoms with E-state index in [-0.39, 0.29) is 0 Å². The molecule has 1 heterocycles. The van der Waals surface area contributed by atoms with Crippen molar-refractivity contribution in [3.05, 3.63) is 58.9 Å². The van der Waals surface area contributed by atoms with Gasteiger partial charge in [0, 0.05) is 30.4 Å². The summed E-state index contributed by atoms with van der Waals surface area (Å²) in [5.41, 5.74) is 4.78. The summed E-state index contributed by atoms with van der Waals surface area (Å²) in [4.78, 5) is 12.1. The molecule has 1 aliphatic rings. The first-order valence-corrected chi connectivity index (χ1v) is 7.07. The van der Waals surface area contributed by atoms with Crippen LogP contribution < -0.4 is 0 Å². The van der Waals surface area contributed by atoms with E-state index >= 15 is 0 Å². The molecule has 0 saturated heterocycles. The number of hydrogen-bond acceptors (Lipinski definition) is 1. The summed E-state index contributed by atoms with van der Waals surface area (Å²) in [6.07, 6.45) is 5.87. The SMILES string of the molecule is CCc1cn(Cc2ccccc2)c2c1C(=O)CCC2. The van der Waals surface area contributed by atoms with E-state index in [0.29, 0.717) is 5.78 Å². The first-order chi connectivity index (χ1) is 9.29. The Bertz CT molecular complexity index is 595. The number of ketones is 1. The summed E-state index contributed by atoms with van der Waals surface area (Å²) in [7, 11) is 0. The van der Waals surface area contributed by atoms with Gasteiger partial charge in [0.05, 0.1) is 0 Å². The molecule has 0 spiro atoms. The van der Waals surface area contributed by atoms with E-state index in [1.807, 2.05) is 6.07 Å². The predicted molar refractivity (Wildman–Crippen MR) is 76.6 cm³/mol. The number of hydrogen-bond donors (Lipinski definition) is 0. The molecule has 0 amide bonds. The maximum atomic E-state index is 12.1. The molecule has 2 nitrogen and oxygen atoms in total. The molecule has 2 heteroatoms. The second-order valence-electron chi connectivity index (χ2n) is 5.22. The summed E-state index contributed by atoms with van der Waals surface area (Å²) in [6, 6.07) is 10.5. The molecule has 0 unspecified atom stereocenters. The van der Waals surface area contributed by atoms with Crippen LogP contribution in [0.4, 0.5) is 0 Å². The van der Waals surface area contributed by atoms with Crippen LogP contribution >= 0.6 is 0 Å². The summed E-state index contributed by atoms with van der Waals surface area (Å²) in [6.45, 7) is 3.00.